The van der Waals surface area contributed by atoms with Gasteiger partial charge in [0.15, 0.2) is 0 Å². The van der Waals surface area contributed by atoms with E-state index in [0.717, 1.165) is 0 Å². The molecule has 2 unspecified atom stereocenters. The maximum absolute atomic E-state index is 11.4. The van der Waals surface area contributed by atoms with Crippen LogP contribution in [0.4, 0.5) is 0 Å². The number of nitrogens with zero attached hydrogens (tertiary/aromatic N) is 1. The highest BCUT2D eigenvalue weighted by molar-refractivity contribution is 5.83. The SMILES string of the molecule is CC(C)C(C(=O)O)N1CCNC(=O)C1C. The van der Waals surface area contributed by atoms with E-state index in [0.29, 0.717) is 13.1 Å². The fraction of sp³-hybridized carbons (Fsp3) is 0.800. The first-order chi connectivity index (χ1) is 6.95. The second kappa shape index (κ2) is 4.61. The van der Waals surface area contributed by atoms with Gasteiger partial charge in [0.1, 0.15) is 6.04 Å². The van der Waals surface area contributed by atoms with Gasteiger partial charge in [-0.3, -0.25) is 14.5 Å². The first-order valence-corrected chi connectivity index (χ1v) is 5.21. The summed E-state index contributed by atoms with van der Waals surface area (Å²) >= 11 is 0. The van der Waals surface area contributed by atoms with Gasteiger partial charge in [0.2, 0.25) is 5.91 Å². The number of piperazine rings is 1. The predicted octanol–water partition coefficient (Wildman–Crippen LogP) is -0.0841. The highest BCUT2D eigenvalue weighted by Crippen LogP contribution is 2.16. The van der Waals surface area contributed by atoms with Crippen LogP contribution in [-0.4, -0.2) is 47.1 Å². The maximum Gasteiger partial charge on any atom is 0.321 e. The van der Waals surface area contributed by atoms with E-state index in [1.54, 1.807) is 11.8 Å². The summed E-state index contributed by atoms with van der Waals surface area (Å²) in [5.41, 5.74) is 0. The molecule has 1 fully saturated rings. The van der Waals surface area contributed by atoms with E-state index in [-0.39, 0.29) is 17.9 Å². The van der Waals surface area contributed by atoms with Crippen molar-refractivity contribution in [3.05, 3.63) is 0 Å². The van der Waals surface area contributed by atoms with E-state index < -0.39 is 12.0 Å². The zero-order valence-electron chi connectivity index (χ0n) is 9.36. The lowest BCUT2D eigenvalue weighted by atomic mass is 9.99. The third-order valence-electron chi connectivity index (χ3n) is 2.79. The lowest BCUT2D eigenvalue weighted by molar-refractivity contribution is -0.148. The van der Waals surface area contributed by atoms with Crippen molar-refractivity contribution in [3.63, 3.8) is 0 Å². The van der Waals surface area contributed by atoms with E-state index >= 15 is 0 Å². The number of hydrogen-bond acceptors (Lipinski definition) is 3. The molecule has 0 aliphatic carbocycles. The fourth-order valence-electron chi connectivity index (χ4n) is 1.99. The number of carbonyl (C=O) groups excluding carboxylic acids is 1. The molecule has 1 rings (SSSR count). The van der Waals surface area contributed by atoms with Gasteiger partial charge >= 0.3 is 5.97 Å². The van der Waals surface area contributed by atoms with Crippen molar-refractivity contribution in [1.29, 1.82) is 0 Å². The highest BCUT2D eigenvalue weighted by atomic mass is 16.4. The molecule has 0 aromatic rings. The van der Waals surface area contributed by atoms with E-state index in [2.05, 4.69) is 5.32 Å². The summed E-state index contributed by atoms with van der Waals surface area (Å²) in [6.45, 7) is 6.59. The smallest absolute Gasteiger partial charge is 0.321 e. The molecule has 2 atom stereocenters. The molecule has 0 radical (unpaired) electrons. The van der Waals surface area contributed by atoms with Crippen LogP contribution in [0.15, 0.2) is 0 Å². The Morgan fingerprint density at radius 1 is 1.60 bits per heavy atom. The van der Waals surface area contributed by atoms with Gasteiger partial charge in [0.05, 0.1) is 6.04 Å². The minimum atomic E-state index is -0.855. The van der Waals surface area contributed by atoms with E-state index in [4.69, 9.17) is 5.11 Å². The first-order valence-electron chi connectivity index (χ1n) is 5.21. The topological polar surface area (TPSA) is 69.6 Å². The van der Waals surface area contributed by atoms with Gasteiger partial charge < -0.3 is 10.4 Å². The molecule has 15 heavy (non-hydrogen) atoms. The molecule has 1 aliphatic heterocycles. The number of rotatable bonds is 3. The summed E-state index contributed by atoms with van der Waals surface area (Å²) in [5, 5.41) is 11.8. The van der Waals surface area contributed by atoms with E-state index in [9.17, 15) is 9.59 Å². The molecule has 0 aromatic heterocycles. The van der Waals surface area contributed by atoms with Gasteiger partial charge in [-0.2, -0.15) is 0 Å². The minimum Gasteiger partial charge on any atom is -0.480 e. The Hall–Kier alpha value is -1.10. The summed E-state index contributed by atoms with van der Waals surface area (Å²) in [7, 11) is 0. The van der Waals surface area contributed by atoms with Crippen molar-refractivity contribution in [1.82, 2.24) is 10.2 Å². The Morgan fingerprint density at radius 2 is 2.20 bits per heavy atom. The molecular weight excluding hydrogens is 196 g/mol. The molecular formula is C10H18N2O3. The van der Waals surface area contributed by atoms with Crippen LogP contribution in [0, 0.1) is 5.92 Å². The van der Waals surface area contributed by atoms with Crippen LogP contribution in [0.25, 0.3) is 0 Å². The molecule has 5 nitrogen and oxygen atoms in total. The fourth-order valence-corrected chi connectivity index (χ4v) is 1.99. The van der Waals surface area contributed by atoms with E-state index in [1.165, 1.54) is 0 Å². The molecule has 5 heteroatoms. The quantitative estimate of drug-likeness (QED) is 0.689. The zero-order chi connectivity index (χ0) is 11.6. The second-order valence-electron chi connectivity index (χ2n) is 4.23. The predicted molar refractivity (Wildman–Crippen MR) is 55.4 cm³/mol. The molecule has 1 saturated heterocycles. The third-order valence-corrected chi connectivity index (χ3v) is 2.79. The summed E-state index contributed by atoms with van der Waals surface area (Å²) in [5.74, 6) is -0.949. The number of carboxylic acid groups (broad SMARTS) is 1. The highest BCUT2D eigenvalue weighted by Gasteiger charge is 2.36. The first kappa shape index (κ1) is 12.0. The van der Waals surface area contributed by atoms with E-state index in [1.807, 2.05) is 13.8 Å². The van der Waals surface area contributed by atoms with Gasteiger partial charge in [-0.15, -0.1) is 0 Å². The van der Waals surface area contributed by atoms with Crippen LogP contribution in [0.3, 0.4) is 0 Å². The Balaban J connectivity index is 2.82. The zero-order valence-corrected chi connectivity index (χ0v) is 9.36. The van der Waals surface area contributed by atoms with Gasteiger partial charge in [0, 0.05) is 13.1 Å². The number of aliphatic carboxylic acids is 1. The monoisotopic (exact) mass is 214 g/mol. The Kier molecular flexibility index (Phi) is 3.68. The van der Waals surface area contributed by atoms with Crippen LogP contribution in [0.2, 0.25) is 0 Å². The van der Waals surface area contributed by atoms with Crippen molar-refractivity contribution >= 4 is 11.9 Å². The largest absolute Gasteiger partial charge is 0.480 e. The molecule has 1 heterocycles. The number of amides is 1. The molecule has 0 bridgehead atoms. The van der Waals surface area contributed by atoms with Crippen LogP contribution in [0.5, 0.6) is 0 Å². The molecule has 0 spiro atoms. The maximum atomic E-state index is 11.4. The van der Waals surface area contributed by atoms with Crippen molar-refractivity contribution in [2.75, 3.05) is 13.1 Å². The Bertz CT molecular complexity index is 265. The molecule has 0 aromatic carbocycles. The molecule has 86 valence electrons. The number of hydrogen-bond donors (Lipinski definition) is 2. The second-order valence-corrected chi connectivity index (χ2v) is 4.23. The minimum absolute atomic E-state index is 0.00384. The number of carbonyl (C=O) groups is 2. The Morgan fingerprint density at radius 3 is 2.67 bits per heavy atom. The van der Waals surface area contributed by atoms with Crippen LogP contribution >= 0.6 is 0 Å². The van der Waals surface area contributed by atoms with Gasteiger partial charge in [0.25, 0.3) is 0 Å². The Labute approximate surface area is 89.4 Å². The van der Waals surface area contributed by atoms with Crippen molar-refractivity contribution in [3.8, 4) is 0 Å². The molecule has 1 aliphatic rings. The molecule has 0 saturated carbocycles. The van der Waals surface area contributed by atoms with Crippen LogP contribution < -0.4 is 5.32 Å². The van der Waals surface area contributed by atoms with Crippen LogP contribution in [0.1, 0.15) is 20.8 Å². The van der Waals surface area contributed by atoms with Crippen LogP contribution in [-0.2, 0) is 9.59 Å². The van der Waals surface area contributed by atoms with Gasteiger partial charge in [-0.1, -0.05) is 13.8 Å². The third kappa shape index (κ3) is 2.47. The van der Waals surface area contributed by atoms with Gasteiger partial charge in [-0.05, 0) is 12.8 Å². The standard InChI is InChI=1S/C10H18N2O3/c1-6(2)8(10(14)15)12-5-4-11-9(13)7(12)3/h6-8H,4-5H2,1-3H3,(H,11,13)(H,14,15). The lowest BCUT2D eigenvalue weighted by Crippen LogP contribution is -2.60. The summed E-state index contributed by atoms with van der Waals surface area (Å²) in [4.78, 5) is 24.3. The molecule has 1 amide bonds. The van der Waals surface area contributed by atoms with Crippen molar-refractivity contribution in [2.45, 2.75) is 32.9 Å². The number of nitrogens with one attached hydrogen (secondary N) is 1. The summed E-state index contributed by atoms with van der Waals surface area (Å²) in [6, 6.07) is -0.937. The lowest BCUT2D eigenvalue weighted by Gasteiger charge is -2.38. The summed E-state index contributed by atoms with van der Waals surface area (Å²) in [6.07, 6.45) is 0. The summed E-state index contributed by atoms with van der Waals surface area (Å²) < 4.78 is 0. The average Bonchev–Trinajstić information content (AvgIpc) is 2.11. The van der Waals surface area contributed by atoms with Gasteiger partial charge in [-0.25, -0.2) is 0 Å². The normalized spacial score (nSPS) is 25.1. The number of carboxylic acids is 1. The van der Waals surface area contributed by atoms with Crippen molar-refractivity contribution in [2.24, 2.45) is 5.92 Å². The molecule has 2 N–H and O–H groups in total. The van der Waals surface area contributed by atoms with Crippen molar-refractivity contribution < 1.29 is 14.7 Å². The average molecular weight is 214 g/mol.